The molecule has 1 aliphatic heterocycles. The fourth-order valence-corrected chi connectivity index (χ4v) is 2.74. The first-order valence-electron chi connectivity index (χ1n) is 6.46. The molecule has 2 heterocycles. The van der Waals surface area contributed by atoms with Gasteiger partial charge in [-0.2, -0.15) is 0 Å². The van der Waals surface area contributed by atoms with E-state index in [4.69, 9.17) is 0 Å². The molecule has 1 N–H and O–H groups in total. The molecule has 1 aromatic heterocycles. The number of carbonyl (C=O) groups excluding carboxylic acids is 1. The number of aromatic nitrogens is 1. The first-order valence-corrected chi connectivity index (χ1v) is 6.46. The Balaban J connectivity index is 2.23. The number of hydrogen-bond donors (Lipinski definition) is 1. The maximum atomic E-state index is 12.3. The lowest BCUT2D eigenvalue weighted by Gasteiger charge is -2.34. The topological polar surface area (TPSA) is 53.2 Å². The molecule has 98 valence electrons. The summed E-state index contributed by atoms with van der Waals surface area (Å²) in [6.45, 7) is 7.60. The lowest BCUT2D eigenvalue weighted by molar-refractivity contribution is 0.0621. The molecule has 4 heteroatoms. The quantitative estimate of drug-likeness (QED) is 0.824. The molecule has 0 aliphatic carbocycles. The normalized spacial score (nSPS) is 24.1. The fourth-order valence-electron chi connectivity index (χ4n) is 2.74. The maximum absolute atomic E-state index is 12.3. The van der Waals surface area contributed by atoms with Crippen molar-refractivity contribution in [2.24, 2.45) is 11.8 Å². The summed E-state index contributed by atoms with van der Waals surface area (Å²) in [6, 6.07) is 3.39. The van der Waals surface area contributed by atoms with E-state index in [1.165, 1.54) is 0 Å². The van der Waals surface area contributed by atoms with Crippen LogP contribution in [0.2, 0.25) is 0 Å². The van der Waals surface area contributed by atoms with E-state index in [9.17, 15) is 9.59 Å². The standard InChI is InChI=1S/C14H20N2O2/c1-9-6-10(2)8-16(7-9)14(18)12-5-4-11(3)15-13(12)17/h4-5,9-10H,6-8H2,1-3H3,(H,15,17). The second-order valence-corrected chi connectivity index (χ2v) is 5.54. The highest BCUT2D eigenvalue weighted by molar-refractivity contribution is 5.93. The highest BCUT2D eigenvalue weighted by atomic mass is 16.2. The lowest BCUT2D eigenvalue weighted by atomic mass is 9.91. The molecular weight excluding hydrogens is 228 g/mol. The summed E-state index contributed by atoms with van der Waals surface area (Å²) in [4.78, 5) is 28.6. The number of aromatic amines is 1. The van der Waals surface area contributed by atoms with Crippen LogP contribution in [0.1, 0.15) is 36.3 Å². The molecule has 0 spiro atoms. The van der Waals surface area contributed by atoms with E-state index in [2.05, 4.69) is 18.8 Å². The monoisotopic (exact) mass is 248 g/mol. The number of nitrogens with one attached hydrogen (secondary N) is 1. The Labute approximate surface area is 107 Å². The van der Waals surface area contributed by atoms with Crippen LogP contribution in [0.15, 0.2) is 16.9 Å². The Morgan fingerprint density at radius 3 is 2.44 bits per heavy atom. The summed E-state index contributed by atoms with van der Waals surface area (Å²) in [5.41, 5.74) is 0.740. The number of amides is 1. The van der Waals surface area contributed by atoms with Gasteiger partial charge < -0.3 is 9.88 Å². The van der Waals surface area contributed by atoms with Gasteiger partial charge in [-0.3, -0.25) is 9.59 Å². The number of likely N-dealkylation sites (tertiary alicyclic amines) is 1. The smallest absolute Gasteiger partial charge is 0.260 e. The molecule has 2 atom stereocenters. The van der Waals surface area contributed by atoms with Gasteiger partial charge >= 0.3 is 0 Å². The highest BCUT2D eigenvalue weighted by Gasteiger charge is 2.27. The van der Waals surface area contributed by atoms with Crippen molar-refractivity contribution in [3.63, 3.8) is 0 Å². The van der Waals surface area contributed by atoms with Crippen molar-refractivity contribution in [1.29, 1.82) is 0 Å². The van der Waals surface area contributed by atoms with Crippen LogP contribution in [0.3, 0.4) is 0 Å². The van der Waals surface area contributed by atoms with Gasteiger partial charge in [0.05, 0.1) is 0 Å². The summed E-state index contributed by atoms with van der Waals surface area (Å²) >= 11 is 0. The van der Waals surface area contributed by atoms with Crippen LogP contribution < -0.4 is 5.56 Å². The molecule has 0 aromatic carbocycles. The highest BCUT2D eigenvalue weighted by Crippen LogP contribution is 2.21. The number of pyridine rings is 1. The van der Waals surface area contributed by atoms with Crippen LogP contribution in [-0.4, -0.2) is 28.9 Å². The minimum absolute atomic E-state index is 0.144. The van der Waals surface area contributed by atoms with Crippen LogP contribution >= 0.6 is 0 Å². The number of carbonyl (C=O) groups is 1. The van der Waals surface area contributed by atoms with Gasteiger partial charge in [0.1, 0.15) is 5.56 Å². The summed E-state index contributed by atoms with van der Waals surface area (Å²) < 4.78 is 0. The second-order valence-electron chi connectivity index (χ2n) is 5.54. The molecule has 1 fully saturated rings. The number of H-pyrrole nitrogens is 1. The zero-order valence-corrected chi connectivity index (χ0v) is 11.2. The number of nitrogens with zero attached hydrogens (tertiary/aromatic N) is 1. The summed E-state index contributed by atoms with van der Waals surface area (Å²) in [7, 11) is 0. The average Bonchev–Trinajstić information content (AvgIpc) is 2.26. The molecular formula is C14H20N2O2. The van der Waals surface area contributed by atoms with Crippen LogP contribution in [0.5, 0.6) is 0 Å². The van der Waals surface area contributed by atoms with Gasteiger partial charge in [0.15, 0.2) is 0 Å². The van der Waals surface area contributed by atoms with Gasteiger partial charge in [0.25, 0.3) is 11.5 Å². The second kappa shape index (κ2) is 4.96. The van der Waals surface area contributed by atoms with Crippen LogP contribution in [-0.2, 0) is 0 Å². The van der Waals surface area contributed by atoms with E-state index in [1.54, 1.807) is 24.0 Å². The van der Waals surface area contributed by atoms with Gasteiger partial charge in [-0.15, -0.1) is 0 Å². The van der Waals surface area contributed by atoms with Gasteiger partial charge in [-0.05, 0) is 37.3 Å². The van der Waals surface area contributed by atoms with Crippen LogP contribution in [0.25, 0.3) is 0 Å². The van der Waals surface area contributed by atoms with E-state index in [0.717, 1.165) is 25.2 Å². The predicted octanol–water partition coefficient (Wildman–Crippen LogP) is 1.80. The van der Waals surface area contributed by atoms with Crippen LogP contribution in [0, 0.1) is 18.8 Å². The molecule has 1 saturated heterocycles. The van der Waals surface area contributed by atoms with Crippen LogP contribution in [0.4, 0.5) is 0 Å². The summed E-state index contributed by atoms with van der Waals surface area (Å²) in [5.74, 6) is 0.860. The Morgan fingerprint density at radius 2 is 1.89 bits per heavy atom. The Morgan fingerprint density at radius 1 is 1.28 bits per heavy atom. The van der Waals surface area contributed by atoms with Crippen molar-refractivity contribution < 1.29 is 4.79 Å². The number of piperidine rings is 1. The van der Waals surface area contributed by atoms with E-state index in [1.807, 2.05) is 0 Å². The predicted molar refractivity (Wildman–Crippen MR) is 70.6 cm³/mol. The van der Waals surface area contributed by atoms with E-state index < -0.39 is 0 Å². The molecule has 2 unspecified atom stereocenters. The first kappa shape index (κ1) is 12.9. The number of hydrogen-bond acceptors (Lipinski definition) is 2. The minimum Gasteiger partial charge on any atom is -0.338 e. The Kier molecular flexibility index (Phi) is 3.55. The van der Waals surface area contributed by atoms with Gasteiger partial charge in [0.2, 0.25) is 0 Å². The molecule has 0 saturated carbocycles. The fraction of sp³-hybridized carbons (Fsp3) is 0.571. The average molecular weight is 248 g/mol. The molecule has 18 heavy (non-hydrogen) atoms. The Hall–Kier alpha value is -1.58. The van der Waals surface area contributed by atoms with E-state index in [0.29, 0.717) is 11.8 Å². The first-order chi connectivity index (χ1) is 8.47. The van der Waals surface area contributed by atoms with E-state index in [-0.39, 0.29) is 17.0 Å². The van der Waals surface area contributed by atoms with Crippen molar-refractivity contribution in [1.82, 2.24) is 9.88 Å². The molecule has 1 aromatic rings. The molecule has 0 bridgehead atoms. The maximum Gasteiger partial charge on any atom is 0.260 e. The van der Waals surface area contributed by atoms with Gasteiger partial charge in [-0.25, -0.2) is 0 Å². The number of rotatable bonds is 1. The third kappa shape index (κ3) is 2.63. The summed E-state index contributed by atoms with van der Waals surface area (Å²) in [6.07, 6.45) is 1.15. The zero-order valence-electron chi connectivity index (χ0n) is 11.2. The number of aryl methyl sites for hydroxylation is 1. The van der Waals surface area contributed by atoms with Gasteiger partial charge in [-0.1, -0.05) is 13.8 Å². The lowest BCUT2D eigenvalue weighted by Crippen LogP contribution is -2.44. The third-order valence-electron chi connectivity index (χ3n) is 3.44. The minimum atomic E-state index is -0.286. The molecule has 2 rings (SSSR count). The molecule has 4 nitrogen and oxygen atoms in total. The van der Waals surface area contributed by atoms with Crippen molar-refractivity contribution in [2.45, 2.75) is 27.2 Å². The summed E-state index contributed by atoms with van der Waals surface area (Å²) in [5, 5.41) is 0. The van der Waals surface area contributed by atoms with Crippen molar-refractivity contribution in [2.75, 3.05) is 13.1 Å². The SMILES string of the molecule is Cc1ccc(C(=O)N2CC(C)CC(C)C2)c(=O)[nH]1. The van der Waals surface area contributed by atoms with Crippen molar-refractivity contribution in [3.05, 3.63) is 33.7 Å². The molecule has 1 aliphatic rings. The largest absolute Gasteiger partial charge is 0.338 e. The Bertz CT molecular complexity index is 497. The van der Waals surface area contributed by atoms with Gasteiger partial charge in [0, 0.05) is 18.8 Å². The van der Waals surface area contributed by atoms with Crippen molar-refractivity contribution >= 4 is 5.91 Å². The zero-order chi connectivity index (χ0) is 13.3. The van der Waals surface area contributed by atoms with Crippen molar-refractivity contribution in [3.8, 4) is 0 Å². The molecule has 0 radical (unpaired) electrons. The third-order valence-corrected chi connectivity index (χ3v) is 3.44. The van der Waals surface area contributed by atoms with E-state index >= 15 is 0 Å². The molecule has 1 amide bonds.